The number of alkyl halides is 6. The zero-order valence-corrected chi connectivity index (χ0v) is 19.6. The Labute approximate surface area is 201 Å². The number of aromatic nitrogens is 2. The third kappa shape index (κ3) is 6.50. The normalized spacial score (nSPS) is 13.4. The first kappa shape index (κ1) is 26.5. The minimum absolute atomic E-state index is 0.0647. The molecule has 188 valence electrons. The van der Waals surface area contributed by atoms with Gasteiger partial charge in [0.15, 0.2) is 11.6 Å². The van der Waals surface area contributed by atoms with Crippen LogP contribution in [0.15, 0.2) is 48.0 Å². The first-order valence-corrected chi connectivity index (χ1v) is 11.1. The van der Waals surface area contributed by atoms with Gasteiger partial charge in [0.1, 0.15) is 5.75 Å². The van der Waals surface area contributed by atoms with Gasteiger partial charge in [0, 0.05) is 10.9 Å². The number of ether oxygens (including phenoxy) is 1. The zero-order chi connectivity index (χ0) is 26.0. The van der Waals surface area contributed by atoms with Crippen LogP contribution in [-0.2, 0) is 5.41 Å². The molecule has 0 aliphatic carbocycles. The highest BCUT2D eigenvalue weighted by Gasteiger charge is 2.48. The molecular weight excluding hydrogens is 496 g/mol. The number of benzene rings is 1. The van der Waals surface area contributed by atoms with Crippen LogP contribution in [-0.4, -0.2) is 34.8 Å². The Bertz CT molecular complexity index is 1170. The predicted molar refractivity (Wildman–Crippen MR) is 118 cm³/mol. The molecule has 0 bridgehead atoms. The molecule has 1 amide bonds. The summed E-state index contributed by atoms with van der Waals surface area (Å²) >= 11 is 1.03. The summed E-state index contributed by atoms with van der Waals surface area (Å²) in [5.74, 6) is -0.593. The van der Waals surface area contributed by atoms with Crippen LogP contribution in [0, 0.1) is 0 Å². The number of amides is 1. The van der Waals surface area contributed by atoms with Crippen LogP contribution in [0.3, 0.4) is 0 Å². The summed E-state index contributed by atoms with van der Waals surface area (Å²) in [5, 5.41) is 4.35. The highest BCUT2D eigenvalue weighted by Crippen LogP contribution is 2.41. The molecule has 2 heterocycles. The van der Waals surface area contributed by atoms with Crippen LogP contribution in [0.5, 0.6) is 5.75 Å². The van der Waals surface area contributed by atoms with Crippen molar-refractivity contribution in [3.8, 4) is 17.0 Å². The number of nitrogens with zero attached hydrogens (tertiary/aromatic N) is 2. The monoisotopic (exact) mass is 517 g/mol. The van der Waals surface area contributed by atoms with Gasteiger partial charge in [0.05, 0.1) is 29.0 Å². The summed E-state index contributed by atoms with van der Waals surface area (Å²) in [7, 11) is 0. The molecule has 0 aliphatic heterocycles. The maximum absolute atomic E-state index is 13.4. The molecule has 12 heteroatoms. The van der Waals surface area contributed by atoms with Crippen LogP contribution in [0.4, 0.5) is 26.3 Å². The molecule has 1 N–H and O–H groups in total. The van der Waals surface area contributed by atoms with Crippen LogP contribution in [0.25, 0.3) is 11.3 Å². The van der Waals surface area contributed by atoms with Crippen molar-refractivity contribution >= 4 is 17.2 Å². The molecular formula is C23H21F6N3O2S. The zero-order valence-electron chi connectivity index (χ0n) is 18.8. The third-order valence-electron chi connectivity index (χ3n) is 5.24. The lowest BCUT2D eigenvalue weighted by molar-refractivity contribution is -0.180. The minimum atomic E-state index is -4.47. The molecule has 0 saturated carbocycles. The highest BCUT2D eigenvalue weighted by molar-refractivity contribution is 7.12. The van der Waals surface area contributed by atoms with Crippen molar-refractivity contribution in [1.29, 1.82) is 0 Å². The van der Waals surface area contributed by atoms with Crippen molar-refractivity contribution in [2.24, 2.45) is 0 Å². The number of rotatable bonds is 7. The second kappa shape index (κ2) is 9.84. The number of thiazole rings is 1. The molecule has 3 aromatic rings. The van der Waals surface area contributed by atoms with Gasteiger partial charge < -0.3 is 10.1 Å². The Morgan fingerprint density at radius 3 is 2.43 bits per heavy atom. The van der Waals surface area contributed by atoms with Crippen LogP contribution < -0.4 is 10.1 Å². The van der Waals surface area contributed by atoms with E-state index in [1.165, 1.54) is 30.3 Å². The number of nitrogens with one attached hydrogen (secondary N) is 1. The average Bonchev–Trinajstić information content (AvgIpc) is 3.27. The second-order valence-corrected chi connectivity index (χ2v) is 9.12. The van der Waals surface area contributed by atoms with E-state index in [1.807, 2.05) is 0 Å². The topological polar surface area (TPSA) is 64.1 Å². The SMILES string of the molecule is C[C@@H](NC(=O)c1nc(-c2cccc(C(C)(C)C(F)(F)F)c2)cs1)c1ccc(OCC(F)(F)F)cn1. The van der Waals surface area contributed by atoms with Crippen LogP contribution in [0.2, 0.25) is 0 Å². The summed E-state index contributed by atoms with van der Waals surface area (Å²) < 4.78 is 81.5. The van der Waals surface area contributed by atoms with Gasteiger partial charge in [-0.2, -0.15) is 26.3 Å². The summed E-state index contributed by atoms with van der Waals surface area (Å²) in [6.45, 7) is 2.38. The second-order valence-electron chi connectivity index (χ2n) is 8.26. The predicted octanol–water partition coefficient (Wildman–Crippen LogP) is 6.48. The van der Waals surface area contributed by atoms with Crippen molar-refractivity contribution in [2.45, 2.75) is 44.6 Å². The Balaban J connectivity index is 1.68. The van der Waals surface area contributed by atoms with E-state index in [0.717, 1.165) is 31.4 Å². The lowest BCUT2D eigenvalue weighted by atomic mass is 9.83. The molecule has 5 nitrogen and oxygen atoms in total. The van der Waals surface area contributed by atoms with Gasteiger partial charge in [-0.15, -0.1) is 11.3 Å². The minimum Gasteiger partial charge on any atom is -0.483 e. The van der Waals surface area contributed by atoms with Crippen LogP contribution >= 0.6 is 11.3 Å². The maximum atomic E-state index is 13.4. The number of hydrogen-bond donors (Lipinski definition) is 1. The van der Waals surface area contributed by atoms with E-state index in [-0.39, 0.29) is 16.3 Å². The van der Waals surface area contributed by atoms with E-state index in [4.69, 9.17) is 0 Å². The van der Waals surface area contributed by atoms with Crippen molar-refractivity contribution in [3.63, 3.8) is 0 Å². The first-order chi connectivity index (χ1) is 16.2. The Morgan fingerprint density at radius 2 is 1.83 bits per heavy atom. The molecule has 0 spiro atoms. The van der Waals surface area contributed by atoms with Gasteiger partial charge in [-0.3, -0.25) is 9.78 Å². The van der Waals surface area contributed by atoms with E-state index in [0.29, 0.717) is 17.0 Å². The quantitative estimate of drug-likeness (QED) is 0.365. The van der Waals surface area contributed by atoms with Gasteiger partial charge in [-0.1, -0.05) is 18.2 Å². The van der Waals surface area contributed by atoms with E-state index in [9.17, 15) is 31.1 Å². The number of hydrogen-bond acceptors (Lipinski definition) is 5. The van der Waals surface area contributed by atoms with E-state index in [1.54, 1.807) is 18.4 Å². The average molecular weight is 517 g/mol. The number of halogens is 6. The van der Waals surface area contributed by atoms with E-state index >= 15 is 0 Å². The van der Waals surface area contributed by atoms with Crippen molar-refractivity contribution in [2.75, 3.05) is 6.61 Å². The van der Waals surface area contributed by atoms with Gasteiger partial charge in [0.2, 0.25) is 0 Å². The Morgan fingerprint density at radius 1 is 1.11 bits per heavy atom. The fourth-order valence-corrected chi connectivity index (χ4v) is 3.70. The molecule has 0 aliphatic rings. The number of pyridine rings is 1. The van der Waals surface area contributed by atoms with Crippen molar-refractivity contribution in [1.82, 2.24) is 15.3 Å². The smallest absolute Gasteiger partial charge is 0.422 e. The van der Waals surface area contributed by atoms with Gasteiger partial charge in [-0.25, -0.2) is 4.98 Å². The van der Waals surface area contributed by atoms with Gasteiger partial charge in [-0.05, 0) is 44.5 Å². The summed E-state index contributed by atoms with van der Waals surface area (Å²) in [6, 6.07) is 8.06. The third-order valence-corrected chi connectivity index (χ3v) is 6.08. The molecule has 1 aromatic carbocycles. The molecule has 0 unspecified atom stereocenters. The molecule has 35 heavy (non-hydrogen) atoms. The van der Waals surface area contributed by atoms with Crippen molar-refractivity contribution in [3.05, 3.63) is 64.2 Å². The largest absolute Gasteiger partial charge is 0.483 e. The molecule has 2 aromatic heterocycles. The summed E-state index contributed by atoms with van der Waals surface area (Å²) in [4.78, 5) is 20.9. The maximum Gasteiger partial charge on any atom is 0.422 e. The lowest BCUT2D eigenvalue weighted by Gasteiger charge is -2.28. The molecule has 1 atom stereocenters. The number of carbonyl (C=O) groups is 1. The highest BCUT2D eigenvalue weighted by atomic mass is 32.1. The molecule has 0 fully saturated rings. The van der Waals surface area contributed by atoms with Crippen molar-refractivity contribution < 1.29 is 35.9 Å². The van der Waals surface area contributed by atoms with E-state index in [2.05, 4.69) is 20.0 Å². The Hall–Kier alpha value is -3.15. The standard InChI is InChI=1S/C23H21F6N3O2S/c1-13(17-8-7-16(10-30-17)34-12-22(24,25)26)31-19(33)20-32-18(11-35-20)14-5-4-6-15(9-14)21(2,3)23(27,28)29/h4-11,13H,12H2,1-3H3,(H,31,33)/t13-/m1/s1. The summed E-state index contributed by atoms with van der Waals surface area (Å²) in [5.41, 5.74) is -0.800. The lowest BCUT2D eigenvalue weighted by Crippen LogP contribution is -2.36. The molecule has 0 radical (unpaired) electrons. The molecule has 3 rings (SSSR count). The van der Waals surface area contributed by atoms with E-state index < -0.39 is 36.3 Å². The van der Waals surface area contributed by atoms with Gasteiger partial charge in [0.25, 0.3) is 5.91 Å². The Kier molecular flexibility index (Phi) is 7.44. The summed E-state index contributed by atoms with van der Waals surface area (Å²) in [6.07, 6.45) is -7.78. The fourth-order valence-electron chi connectivity index (χ4n) is 2.97. The molecule has 0 saturated heterocycles. The fraction of sp³-hybridized carbons (Fsp3) is 0.348. The van der Waals surface area contributed by atoms with Gasteiger partial charge >= 0.3 is 12.4 Å². The van der Waals surface area contributed by atoms with Crippen LogP contribution in [0.1, 0.15) is 47.9 Å². The first-order valence-electron chi connectivity index (χ1n) is 10.3. The number of carbonyl (C=O) groups excluding carboxylic acids is 1.